The highest BCUT2D eigenvalue weighted by molar-refractivity contribution is 6.78. The van der Waals surface area contributed by atoms with Crippen LogP contribution in [0.3, 0.4) is 0 Å². The van der Waals surface area contributed by atoms with E-state index in [9.17, 15) is 0 Å². The molecule has 88 heavy (non-hydrogen) atoms. The Morgan fingerprint density at radius 3 is 0.636 bits per heavy atom. The van der Waals surface area contributed by atoms with Gasteiger partial charge in [0, 0.05) is 0 Å². The summed E-state index contributed by atoms with van der Waals surface area (Å²) in [6.45, 7) is 0. The molecule has 1 aliphatic carbocycles. The van der Waals surface area contributed by atoms with Gasteiger partial charge in [0.25, 0.3) is 0 Å². The third-order valence-corrected chi connectivity index (χ3v) is 26.0. The van der Waals surface area contributed by atoms with Crippen LogP contribution in [0.1, 0.15) is 16.9 Å². The summed E-state index contributed by atoms with van der Waals surface area (Å²) in [5, 5.41) is 14.7. The first-order chi connectivity index (χ1) is 41.1. The molecule has 386 valence electrons. The van der Waals surface area contributed by atoms with E-state index in [-0.39, 0.29) is 5.82 Å². The molecule has 0 spiro atoms. The Hall–Kier alpha value is -4.88. The lowest BCUT2D eigenvalue weighted by molar-refractivity contribution is 1.23. The second kappa shape index (κ2) is 21.1. The van der Waals surface area contributed by atoms with Crippen LogP contribution in [0.15, 0.2) is 0 Å². The molecule has 0 radical (unpaired) electrons. The van der Waals surface area contributed by atoms with E-state index < -0.39 is 0 Å². The van der Waals surface area contributed by atoms with Crippen LogP contribution in [0, 0.1) is 0 Å². The van der Waals surface area contributed by atoms with Crippen molar-refractivity contribution in [1.29, 1.82) is 0 Å². The van der Waals surface area contributed by atoms with E-state index in [1.807, 2.05) is 0 Å². The van der Waals surface area contributed by atoms with Gasteiger partial charge >= 0.3 is 0 Å². The molecule has 1 aliphatic rings. The van der Waals surface area contributed by atoms with Crippen LogP contribution in [0.5, 0.6) is 0 Å². The van der Waals surface area contributed by atoms with Crippen molar-refractivity contribution in [2.75, 3.05) is 0 Å². The predicted octanol–water partition coefficient (Wildman–Crippen LogP) is -41.5. The average molecular weight is 1080 g/mol. The molecule has 0 fully saturated rings. The molecule has 0 aromatic heterocycles. The molecule has 0 N–H and O–H groups in total. The maximum atomic E-state index is 2.53. The lowest BCUT2D eigenvalue weighted by Crippen LogP contribution is -2.56. The van der Waals surface area contributed by atoms with Crippen molar-refractivity contribution in [3.8, 4) is 55.6 Å². The van der Waals surface area contributed by atoms with Crippen LogP contribution < -0.4 is 175 Å². The van der Waals surface area contributed by atoms with Gasteiger partial charge in [0.15, 0.2) is 0 Å². The smallest absolute Gasteiger partial charge is 0.102 e. The van der Waals surface area contributed by atoms with Gasteiger partial charge in [0.05, 0.1) is 0 Å². The van der Waals surface area contributed by atoms with E-state index in [0.717, 1.165) is 0 Å². The Morgan fingerprint density at radius 1 is 0.114 bits per heavy atom. The van der Waals surface area contributed by atoms with Gasteiger partial charge in [-0.25, -0.2) is 0 Å². The quantitative estimate of drug-likeness (QED) is 0.119. The van der Waals surface area contributed by atoms with Crippen molar-refractivity contribution >= 4 is 488 Å². The summed E-state index contributed by atoms with van der Waals surface area (Å²) in [5.41, 5.74) is 62.3. The molecule has 1 unspecified atom stereocenters. The first kappa shape index (κ1) is 63.3. The molecule has 0 heterocycles. The van der Waals surface area contributed by atoms with Crippen LogP contribution in [-0.2, 0) is 0 Å². The van der Waals surface area contributed by atoms with Crippen LogP contribution in [0.25, 0.3) is 109 Å². The lowest BCUT2D eigenvalue weighted by Gasteiger charge is -2.34. The Morgan fingerprint density at radius 2 is 0.284 bits per heavy atom. The minimum absolute atomic E-state index is 0.252. The summed E-state index contributed by atoms with van der Waals surface area (Å²) in [4.78, 5) is 0. The molecule has 11 aromatic carbocycles. The van der Waals surface area contributed by atoms with E-state index in [0.29, 0.717) is 0 Å². The topological polar surface area (TPSA) is 0 Å². The zero-order valence-corrected chi connectivity index (χ0v) is 60.6. The highest BCUT2D eigenvalue weighted by Crippen LogP contribution is 2.44. The summed E-state index contributed by atoms with van der Waals surface area (Å²) in [6.07, 6.45) is 0. The largest absolute Gasteiger partial charge is 0.140 e. The number of hydrogen-bond donors (Lipinski definition) is 0. The number of hydrogen-bond acceptors (Lipinski definition) is 0. The fourth-order valence-corrected chi connectivity index (χ4v) is 19.4. The molecule has 11 aromatic rings. The van der Waals surface area contributed by atoms with E-state index in [4.69, 9.17) is 0 Å². The summed E-state index contributed by atoms with van der Waals surface area (Å²) in [7, 11) is 80.1. The van der Waals surface area contributed by atoms with Gasteiger partial charge in [-0.15, -0.1) is 38.2 Å². The van der Waals surface area contributed by atoms with Gasteiger partial charge in [-0.1, -0.05) is 137 Å². The standard InChI is InChI=1S/C55H67B33/c56-23-5-1-3-9(23)39(72)49(82)40(73)12(3)37(70)35(68)10(1)32(65)30(63)7(5)15-24(57)20(45(78)51(84)43(15)76)17-26(59)18(28(61)19(27(17)60)22-47(80)53(86)55(88)54(87)48(22)81)21-25(58)16(44(77)52(85)46(21)79)8-6-2-4-13(34(67)29(6)62)41(74)50(83)42(75)14(4)38(71)36(69)11(2)33(66)31(8)64/h23H,56-88H2. The summed E-state index contributed by atoms with van der Waals surface area (Å²) < 4.78 is 0. The fourth-order valence-electron chi connectivity index (χ4n) is 19.4. The molecular weight excluding hydrogens is 1020 g/mol. The molecule has 0 amide bonds. The van der Waals surface area contributed by atoms with E-state index in [1.165, 1.54) is 290 Å². The van der Waals surface area contributed by atoms with E-state index in [2.05, 4.69) is 259 Å². The maximum Gasteiger partial charge on any atom is 0.140 e. The van der Waals surface area contributed by atoms with Crippen molar-refractivity contribution in [3.05, 3.63) is 11.1 Å². The fraction of sp³-hybridized carbons (Fsp3) is 0.0182. The third kappa shape index (κ3) is 7.76. The van der Waals surface area contributed by atoms with Gasteiger partial charge in [-0.2, -0.15) is 0 Å². The van der Waals surface area contributed by atoms with Crippen molar-refractivity contribution < 1.29 is 0 Å². The Bertz CT molecular complexity index is 5190. The molecule has 0 bridgehead atoms. The average Bonchev–Trinajstić information content (AvgIpc) is 1.15. The van der Waals surface area contributed by atoms with E-state index in [1.54, 1.807) is 5.56 Å². The molecule has 33 heteroatoms. The zero-order valence-electron chi connectivity index (χ0n) is 60.6. The normalized spacial score (nSPS) is 13.0. The van der Waals surface area contributed by atoms with Crippen LogP contribution in [0.4, 0.5) is 0 Å². The summed E-state index contributed by atoms with van der Waals surface area (Å²) in [6, 6.07) is 0. The summed E-state index contributed by atoms with van der Waals surface area (Å²) >= 11 is 0. The Kier molecular flexibility index (Phi) is 15.2. The first-order valence-corrected chi connectivity index (χ1v) is 33.2. The van der Waals surface area contributed by atoms with Gasteiger partial charge in [-0.05, 0) is 126 Å². The predicted molar refractivity (Wildman–Crippen MR) is 504 cm³/mol. The third-order valence-electron chi connectivity index (χ3n) is 26.0. The Balaban J connectivity index is 1.26. The molecular formula is C55H67B33. The molecule has 12 rings (SSSR count). The van der Waals surface area contributed by atoms with Crippen LogP contribution in [-0.4, -0.2) is 259 Å². The van der Waals surface area contributed by atoms with Crippen molar-refractivity contribution in [2.24, 2.45) is 0 Å². The molecule has 0 nitrogen and oxygen atoms in total. The SMILES string of the molecule is Bc1c(B)c(B)c(-c2c(B)c(-c3c(B)c(B)c(B)c(-c4c(B)c(B)c5c(B)c(B)c6c(B)c(B)c(B)c7c6c5c4C7B)c3B)c(B)c(-c3c(B)c(B)c(B)c(-c4c(B)c(B)c5c(B)c(B)c6c(B)c(B)c(B)c7c(B)c(B)c4c5c67)c3B)c2B)c(B)c1B. The van der Waals surface area contributed by atoms with Gasteiger partial charge in [-0.3, -0.25) is 0 Å². The highest BCUT2D eigenvalue weighted by atomic mass is 14.3. The van der Waals surface area contributed by atoms with Crippen molar-refractivity contribution in [3.63, 3.8) is 0 Å². The minimum Gasteiger partial charge on any atom is -0.102 e. The van der Waals surface area contributed by atoms with Crippen LogP contribution in [0.2, 0.25) is 0 Å². The molecule has 1 atom stereocenters. The highest BCUT2D eigenvalue weighted by Gasteiger charge is 2.36. The lowest BCUT2D eigenvalue weighted by atomic mass is 9.53. The first-order valence-electron chi connectivity index (χ1n) is 33.2. The number of benzene rings is 11. The second-order valence-corrected chi connectivity index (χ2v) is 29.0. The summed E-state index contributed by atoms with van der Waals surface area (Å²) in [5.74, 6) is 0.252. The second-order valence-electron chi connectivity index (χ2n) is 29.0. The van der Waals surface area contributed by atoms with Gasteiger partial charge in [0.1, 0.15) is 259 Å². The van der Waals surface area contributed by atoms with Crippen molar-refractivity contribution in [1.82, 2.24) is 0 Å². The van der Waals surface area contributed by atoms with Crippen LogP contribution >= 0.6 is 0 Å². The minimum atomic E-state index is 0.252. The molecule has 0 saturated heterocycles. The van der Waals surface area contributed by atoms with Gasteiger partial charge < -0.3 is 0 Å². The molecule has 0 saturated carbocycles. The molecule has 0 aliphatic heterocycles. The number of rotatable bonds is 5. The zero-order chi connectivity index (χ0) is 64.8. The van der Waals surface area contributed by atoms with E-state index >= 15 is 0 Å². The van der Waals surface area contributed by atoms with Gasteiger partial charge in [0.2, 0.25) is 0 Å². The van der Waals surface area contributed by atoms with Crippen molar-refractivity contribution in [2.45, 2.75) is 5.82 Å². The monoisotopic (exact) mass is 1090 g/mol. The Labute approximate surface area is 555 Å². The maximum absolute atomic E-state index is 2.53.